The number of rotatable bonds is 3. The van der Waals surface area contributed by atoms with Crippen LogP contribution in [0.3, 0.4) is 0 Å². The molecule has 0 fully saturated rings. The minimum Gasteiger partial charge on any atom is -0.431 e. The van der Waals surface area contributed by atoms with Gasteiger partial charge in [-0.05, 0) is 18.2 Å². The summed E-state index contributed by atoms with van der Waals surface area (Å²) in [6.07, 6.45) is 0. The van der Waals surface area contributed by atoms with Crippen LogP contribution in [-0.4, -0.2) is 15.0 Å². The Hall–Kier alpha value is -2.67. The van der Waals surface area contributed by atoms with Crippen molar-refractivity contribution < 1.29 is 14.1 Å². The summed E-state index contributed by atoms with van der Waals surface area (Å²) in [5, 5.41) is 10.6. The quantitative estimate of drug-likeness (QED) is 0.416. The maximum absolute atomic E-state index is 12.1. The lowest BCUT2D eigenvalue weighted by Crippen LogP contribution is -1.95. The molecule has 0 unspecified atom stereocenters. The van der Waals surface area contributed by atoms with Crippen molar-refractivity contribution in [1.82, 2.24) is 4.98 Å². The zero-order chi connectivity index (χ0) is 14.8. The molecule has 21 heavy (non-hydrogen) atoms. The van der Waals surface area contributed by atoms with E-state index >= 15 is 0 Å². The SMILES string of the molecule is O=C(Sc1nc2ccccc2o1)c1cccc([N+](=O)[O-])c1. The first-order valence-corrected chi connectivity index (χ1v) is 6.77. The zero-order valence-corrected chi connectivity index (χ0v) is 11.4. The van der Waals surface area contributed by atoms with Gasteiger partial charge in [0.15, 0.2) is 5.58 Å². The molecule has 104 valence electrons. The van der Waals surface area contributed by atoms with Gasteiger partial charge in [-0.25, -0.2) is 4.98 Å². The van der Waals surface area contributed by atoms with E-state index in [-0.39, 0.29) is 21.6 Å². The topological polar surface area (TPSA) is 86.2 Å². The van der Waals surface area contributed by atoms with Gasteiger partial charge in [0.05, 0.1) is 4.92 Å². The van der Waals surface area contributed by atoms with Gasteiger partial charge >= 0.3 is 0 Å². The highest BCUT2D eigenvalue weighted by Crippen LogP contribution is 2.27. The van der Waals surface area contributed by atoms with Crippen molar-refractivity contribution in [3.63, 3.8) is 0 Å². The molecule has 7 heteroatoms. The van der Waals surface area contributed by atoms with Crippen LogP contribution in [0.5, 0.6) is 0 Å². The van der Waals surface area contributed by atoms with Crippen molar-refractivity contribution in [3.8, 4) is 0 Å². The molecule has 2 aromatic carbocycles. The molecule has 3 rings (SSSR count). The molecule has 0 radical (unpaired) electrons. The summed E-state index contributed by atoms with van der Waals surface area (Å²) < 4.78 is 5.44. The Labute approximate surface area is 122 Å². The lowest BCUT2D eigenvalue weighted by molar-refractivity contribution is -0.384. The van der Waals surface area contributed by atoms with Crippen molar-refractivity contribution in [3.05, 3.63) is 64.2 Å². The van der Waals surface area contributed by atoms with Gasteiger partial charge in [-0.3, -0.25) is 14.9 Å². The summed E-state index contributed by atoms with van der Waals surface area (Å²) in [6, 6.07) is 12.7. The summed E-state index contributed by atoms with van der Waals surface area (Å²) in [6.45, 7) is 0. The van der Waals surface area contributed by atoms with Crippen molar-refractivity contribution in [2.45, 2.75) is 5.22 Å². The van der Waals surface area contributed by atoms with E-state index in [1.807, 2.05) is 12.1 Å². The Bertz CT molecular complexity index is 811. The molecular weight excluding hydrogens is 292 g/mol. The molecule has 1 aromatic heterocycles. The zero-order valence-electron chi connectivity index (χ0n) is 10.6. The van der Waals surface area contributed by atoms with Crippen molar-refractivity contribution in [2.75, 3.05) is 0 Å². The van der Waals surface area contributed by atoms with Gasteiger partial charge in [-0.2, -0.15) is 0 Å². The number of fused-ring (bicyclic) bond motifs is 1. The Morgan fingerprint density at radius 1 is 1.19 bits per heavy atom. The molecule has 0 aliphatic rings. The predicted molar refractivity (Wildman–Crippen MR) is 77.3 cm³/mol. The molecule has 0 saturated carbocycles. The Kier molecular flexibility index (Phi) is 3.41. The van der Waals surface area contributed by atoms with Crippen molar-refractivity contribution in [1.29, 1.82) is 0 Å². The molecule has 0 aliphatic carbocycles. The minimum atomic E-state index is -0.541. The number of carbonyl (C=O) groups excluding carboxylic acids is 1. The first-order valence-electron chi connectivity index (χ1n) is 5.96. The Morgan fingerprint density at radius 2 is 2.00 bits per heavy atom. The molecular formula is C14H8N2O4S. The van der Waals surface area contributed by atoms with E-state index in [0.717, 1.165) is 11.8 Å². The van der Waals surface area contributed by atoms with Crippen LogP contribution < -0.4 is 0 Å². The van der Waals surface area contributed by atoms with Gasteiger partial charge in [0, 0.05) is 29.5 Å². The van der Waals surface area contributed by atoms with Crippen LogP contribution in [0.2, 0.25) is 0 Å². The fraction of sp³-hybridized carbons (Fsp3) is 0. The lowest BCUT2D eigenvalue weighted by atomic mass is 10.2. The average molecular weight is 300 g/mol. The largest absolute Gasteiger partial charge is 0.431 e. The number of para-hydroxylation sites is 2. The lowest BCUT2D eigenvalue weighted by Gasteiger charge is -1.97. The predicted octanol–water partition coefficient (Wildman–Crippen LogP) is 3.67. The van der Waals surface area contributed by atoms with Crippen LogP contribution in [0, 0.1) is 10.1 Å². The van der Waals surface area contributed by atoms with Gasteiger partial charge in [-0.15, -0.1) is 0 Å². The Balaban J connectivity index is 1.85. The normalized spacial score (nSPS) is 10.7. The third-order valence-corrected chi connectivity index (χ3v) is 3.52. The highest BCUT2D eigenvalue weighted by Gasteiger charge is 2.16. The number of nitro groups is 1. The molecule has 0 N–H and O–H groups in total. The van der Waals surface area contributed by atoms with E-state index in [2.05, 4.69) is 4.98 Å². The number of benzene rings is 2. The highest BCUT2D eigenvalue weighted by atomic mass is 32.2. The van der Waals surface area contributed by atoms with Crippen LogP contribution >= 0.6 is 11.8 Å². The molecule has 0 amide bonds. The number of non-ortho nitro benzene ring substituents is 1. The van der Waals surface area contributed by atoms with Crippen LogP contribution in [0.4, 0.5) is 5.69 Å². The maximum atomic E-state index is 12.1. The van der Waals surface area contributed by atoms with Gasteiger partial charge in [0.25, 0.3) is 10.9 Å². The second-order valence-corrected chi connectivity index (χ2v) is 5.07. The van der Waals surface area contributed by atoms with E-state index in [1.165, 1.54) is 24.3 Å². The van der Waals surface area contributed by atoms with Gasteiger partial charge in [0.2, 0.25) is 5.12 Å². The number of hydrogen-bond donors (Lipinski definition) is 0. The molecule has 1 heterocycles. The summed E-state index contributed by atoms with van der Waals surface area (Å²) in [5.41, 5.74) is 1.36. The van der Waals surface area contributed by atoms with E-state index in [1.54, 1.807) is 12.1 Å². The monoisotopic (exact) mass is 300 g/mol. The second kappa shape index (κ2) is 5.37. The van der Waals surface area contributed by atoms with Crippen molar-refractivity contribution >= 4 is 33.7 Å². The van der Waals surface area contributed by atoms with Crippen LogP contribution in [0.1, 0.15) is 10.4 Å². The molecule has 6 nitrogen and oxygen atoms in total. The summed E-state index contributed by atoms with van der Waals surface area (Å²) >= 11 is 0.804. The van der Waals surface area contributed by atoms with E-state index in [9.17, 15) is 14.9 Å². The van der Waals surface area contributed by atoms with Crippen molar-refractivity contribution in [2.24, 2.45) is 0 Å². The maximum Gasteiger partial charge on any atom is 0.270 e. The van der Waals surface area contributed by atoms with E-state index < -0.39 is 4.92 Å². The molecule has 0 atom stereocenters. The van der Waals surface area contributed by atoms with Gasteiger partial charge in [-0.1, -0.05) is 18.2 Å². The first-order chi connectivity index (χ1) is 10.1. The number of thioether (sulfide) groups is 1. The smallest absolute Gasteiger partial charge is 0.270 e. The molecule has 0 aliphatic heterocycles. The number of hydrogen-bond acceptors (Lipinski definition) is 6. The third kappa shape index (κ3) is 2.77. The van der Waals surface area contributed by atoms with E-state index in [0.29, 0.717) is 11.1 Å². The fourth-order valence-corrected chi connectivity index (χ4v) is 2.46. The summed E-state index contributed by atoms with van der Waals surface area (Å²) in [5.74, 6) is 0. The molecule has 3 aromatic rings. The minimum absolute atomic E-state index is 0.126. The van der Waals surface area contributed by atoms with Crippen LogP contribution in [-0.2, 0) is 0 Å². The molecule has 0 bridgehead atoms. The number of nitrogens with zero attached hydrogens (tertiary/aromatic N) is 2. The summed E-state index contributed by atoms with van der Waals surface area (Å²) in [7, 11) is 0. The van der Waals surface area contributed by atoms with Crippen LogP contribution in [0.15, 0.2) is 58.2 Å². The standard InChI is InChI=1S/C14H8N2O4S/c17-13(9-4-3-5-10(8-9)16(18)19)21-14-15-11-6-1-2-7-12(11)20-14/h1-8H. The van der Waals surface area contributed by atoms with Gasteiger partial charge in [0.1, 0.15) is 5.52 Å². The fourth-order valence-electron chi connectivity index (χ4n) is 1.78. The number of nitro benzene ring substituents is 1. The molecule has 0 spiro atoms. The summed E-state index contributed by atoms with van der Waals surface area (Å²) in [4.78, 5) is 26.5. The Morgan fingerprint density at radius 3 is 2.76 bits per heavy atom. The van der Waals surface area contributed by atoms with Crippen LogP contribution in [0.25, 0.3) is 11.1 Å². The number of carbonyl (C=O) groups is 1. The molecule has 0 saturated heterocycles. The second-order valence-electron chi connectivity index (χ2n) is 4.14. The van der Waals surface area contributed by atoms with E-state index in [4.69, 9.17) is 4.42 Å². The highest BCUT2D eigenvalue weighted by molar-refractivity contribution is 8.14. The first kappa shape index (κ1) is 13.3. The average Bonchev–Trinajstić information content (AvgIpc) is 2.89. The number of aromatic nitrogens is 1. The number of oxazole rings is 1. The third-order valence-electron chi connectivity index (χ3n) is 2.75. The van der Waals surface area contributed by atoms with Gasteiger partial charge < -0.3 is 4.42 Å².